The van der Waals surface area contributed by atoms with Crippen LogP contribution in [-0.4, -0.2) is 23.7 Å². The summed E-state index contributed by atoms with van der Waals surface area (Å²) in [6.07, 6.45) is 0. The lowest BCUT2D eigenvalue weighted by molar-refractivity contribution is -0.146. The Kier molecular flexibility index (Phi) is 6.63. The van der Waals surface area contributed by atoms with E-state index < -0.39 is 29.6 Å². The maximum absolute atomic E-state index is 12.9. The van der Waals surface area contributed by atoms with Gasteiger partial charge in [-0.3, -0.25) is 9.59 Å². The van der Waals surface area contributed by atoms with Crippen LogP contribution in [0.3, 0.4) is 0 Å². The molecule has 0 fully saturated rings. The minimum Gasteiger partial charge on any atom is -0.455 e. The number of rotatable bonds is 6. The molecule has 0 bridgehead atoms. The van der Waals surface area contributed by atoms with Crippen molar-refractivity contribution in [3.8, 4) is 0 Å². The number of carbonyl (C=O) groups excluding carboxylic acids is 2. The fraction of sp³-hybridized carbons (Fsp3) is 0.176. The highest BCUT2D eigenvalue weighted by atomic mass is 35.5. The molecule has 0 spiro atoms. The van der Waals surface area contributed by atoms with Gasteiger partial charge in [0.05, 0.1) is 10.7 Å². The normalized spacial score (nSPS) is 11.6. The third-order valence-corrected chi connectivity index (χ3v) is 4.34. The molecule has 0 radical (unpaired) electrons. The molecule has 0 saturated heterocycles. The predicted octanol–water partition coefficient (Wildman–Crippen LogP) is 4.14. The van der Waals surface area contributed by atoms with Crippen molar-refractivity contribution in [1.29, 1.82) is 0 Å². The first kappa shape index (κ1) is 18.3. The van der Waals surface area contributed by atoms with Gasteiger partial charge in [-0.05, 0) is 37.3 Å². The zero-order chi connectivity index (χ0) is 17.5. The molecule has 24 heavy (non-hydrogen) atoms. The summed E-state index contributed by atoms with van der Waals surface area (Å²) in [6.45, 7) is 1.26. The molecule has 2 aromatic carbocycles. The van der Waals surface area contributed by atoms with Gasteiger partial charge in [-0.2, -0.15) is 0 Å². The summed E-state index contributed by atoms with van der Waals surface area (Å²) in [4.78, 5) is 24.6. The Hall–Kier alpha value is -2.05. The highest BCUT2D eigenvalue weighted by molar-refractivity contribution is 8.00. The highest BCUT2D eigenvalue weighted by Crippen LogP contribution is 2.24. The molecule has 1 N–H and O–H groups in total. The van der Waals surface area contributed by atoms with Gasteiger partial charge in [0.2, 0.25) is 0 Å². The first-order chi connectivity index (χ1) is 11.5. The van der Waals surface area contributed by atoms with Gasteiger partial charge in [0.1, 0.15) is 11.1 Å². The molecule has 7 heteroatoms. The number of halogens is 2. The molecule has 0 aliphatic rings. The van der Waals surface area contributed by atoms with E-state index in [0.717, 1.165) is 11.0 Å². The molecule has 2 aromatic rings. The van der Waals surface area contributed by atoms with Gasteiger partial charge in [-0.25, -0.2) is 4.39 Å². The minimum absolute atomic E-state index is 0.0719. The van der Waals surface area contributed by atoms with Crippen LogP contribution in [0.2, 0.25) is 5.02 Å². The number of anilines is 1. The Balaban J connectivity index is 1.81. The summed E-state index contributed by atoms with van der Waals surface area (Å²) in [5.41, 5.74) is 0.255. The standard InChI is InChI=1S/C17H15ClFNO3S/c1-11(24-13-5-3-2-4-6-13)17(22)23-10-16(21)20-15-8-7-12(19)9-14(15)18/h2-9,11H,10H2,1H3,(H,20,21)/t11-/m1/s1. The summed E-state index contributed by atoms with van der Waals surface area (Å²) in [6, 6.07) is 13.0. The third-order valence-electron chi connectivity index (χ3n) is 2.94. The van der Waals surface area contributed by atoms with Crippen LogP contribution in [0.5, 0.6) is 0 Å². The molecule has 0 heterocycles. The van der Waals surface area contributed by atoms with Crippen molar-refractivity contribution in [3.05, 3.63) is 59.4 Å². The van der Waals surface area contributed by atoms with Gasteiger partial charge in [0, 0.05) is 4.90 Å². The molecule has 1 amide bonds. The van der Waals surface area contributed by atoms with Gasteiger partial charge in [-0.1, -0.05) is 29.8 Å². The van der Waals surface area contributed by atoms with Crippen LogP contribution in [0.1, 0.15) is 6.92 Å². The molecule has 4 nitrogen and oxygen atoms in total. The molecule has 126 valence electrons. The smallest absolute Gasteiger partial charge is 0.319 e. The largest absolute Gasteiger partial charge is 0.455 e. The van der Waals surface area contributed by atoms with Crippen LogP contribution in [-0.2, 0) is 14.3 Å². The first-order valence-corrected chi connectivity index (χ1v) is 8.34. The second-order valence-corrected chi connectivity index (χ2v) is 6.67. The van der Waals surface area contributed by atoms with E-state index in [9.17, 15) is 14.0 Å². The molecular weight excluding hydrogens is 353 g/mol. The lowest BCUT2D eigenvalue weighted by atomic mass is 10.3. The average molecular weight is 368 g/mol. The fourth-order valence-corrected chi connectivity index (χ4v) is 2.88. The van der Waals surface area contributed by atoms with Crippen LogP contribution >= 0.6 is 23.4 Å². The summed E-state index contributed by atoms with van der Waals surface area (Å²) < 4.78 is 17.9. The van der Waals surface area contributed by atoms with E-state index in [1.165, 1.54) is 23.9 Å². The fourth-order valence-electron chi connectivity index (χ4n) is 1.78. The number of ether oxygens (including phenoxy) is 1. The molecule has 0 aliphatic heterocycles. The van der Waals surface area contributed by atoms with E-state index in [-0.39, 0.29) is 10.7 Å². The quantitative estimate of drug-likeness (QED) is 0.615. The summed E-state index contributed by atoms with van der Waals surface area (Å²) in [5.74, 6) is -1.55. The second-order valence-electron chi connectivity index (χ2n) is 4.85. The van der Waals surface area contributed by atoms with E-state index >= 15 is 0 Å². The van der Waals surface area contributed by atoms with E-state index in [1.807, 2.05) is 30.3 Å². The molecule has 0 saturated carbocycles. The molecule has 0 aliphatic carbocycles. The zero-order valence-corrected chi connectivity index (χ0v) is 14.4. The molecule has 0 unspecified atom stereocenters. The monoisotopic (exact) mass is 367 g/mol. The van der Waals surface area contributed by atoms with Crippen molar-refractivity contribution >= 4 is 40.9 Å². The number of esters is 1. The maximum atomic E-state index is 12.9. The van der Waals surface area contributed by atoms with Gasteiger partial charge < -0.3 is 10.1 Å². The summed E-state index contributed by atoms with van der Waals surface area (Å²) in [5, 5.41) is 2.08. The van der Waals surface area contributed by atoms with Gasteiger partial charge in [0.15, 0.2) is 6.61 Å². The topological polar surface area (TPSA) is 55.4 Å². The Labute approximate surface area is 148 Å². The van der Waals surface area contributed by atoms with Crippen molar-refractivity contribution < 1.29 is 18.7 Å². The SMILES string of the molecule is C[C@@H](Sc1ccccc1)C(=O)OCC(=O)Nc1ccc(F)cc1Cl. The number of carbonyl (C=O) groups is 2. The lowest BCUT2D eigenvalue weighted by Gasteiger charge is -2.12. The van der Waals surface area contributed by atoms with Crippen LogP contribution in [0.15, 0.2) is 53.4 Å². The molecule has 0 aromatic heterocycles. The van der Waals surface area contributed by atoms with E-state index in [1.54, 1.807) is 6.92 Å². The Morgan fingerprint density at radius 3 is 2.62 bits per heavy atom. The van der Waals surface area contributed by atoms with Crippen molar-refractivity contribution in [2.24, 2.45) is 0 Å². The van der Waals surface area contributed by atoms with Crippen molar-refractivity contribution in [2.45, 2.75) is 17.1 Å². The van der Waals surface area contributed by atoms with Crippen molar-refractivity contribution in [1.82, 2.24) is 0 Å². The Morgan fingerprint density at radius 2 is 1.96 bits per heavy atom. The maximum Gasteiger partial charge on any atom is 0.319 e. The average Bonchev–Trinajstić information content (AvgIpc) is 2.56. The number of nitrogens with one attached hydrogen (secondary N) is 1. The number of amides is 1. The summed E-state index contributed by atoms with van der Waals surface area (Å²) in [7, 11) is 0. The highest BCUT2D eigenvalue weighted by Gasteiger charge is 2.17. The van der Waals surface area contributed by atoms with Crippen molar-refractivity contribution in [3.63, 3.8) is 0 Å². The molecule has 1 atom stereocenters. The van der Waals surface area contributed by atoms with Crippen LogP contribution in [0.25, 0.3) is 0 Å². The number of hydrogen-bond acceptors (Lipinski definition) is 4. The predicted molar refractivity (Wildman–Crippen MR) is 92.8 cm³/mol. The van der Waals surface area contributed by atoms with Crippen molar-refractivity contribution in [2.75, 3.05) is 11.9 Å². The third kappa shape index (κ3) is 5.54. The number of hydrogen-bond donors (Lipinski definition) is 1. The van der Waals surface area contributed by atoms with Gasteiger partial charge in [-0.15, -0.1) is 11.8 Å². The van der Waals surface area contributed by atoms with Gasteiger partial charge >= 0.3 is 5.97 Å². The van der Waals surface area contributed by atoms with Gasteiger partial charge in [0.25, 0.3) is 5.91 Å². The van der Waals surface area contributed by atoms with Crippen LogP contribution < -0.4 is 5.32 Å². The second kappa shape index (κ2) is 8.70. The zero-order valence-electron chi connectivity index (χ0n) is 12.8. The first-order valence-electron chi connectivity index (χ1n) is 7.09. The van der Waals surface area contributed by atoms with E-state index in [0.29, 0.717) is 0 Å². The van der Waals surface area contributed by atoms with E-state index in [4.69, 9.17) is 16.3 Å². The van der Waals surface area contributed by atoms with Crippen LogP contribution in [0, 0.1) is 5.82 Å². The lowest BCUT2D eigenvalue weighted by Crippen LogP contribution is -2.24. The van der Waals surface area contributed by atoms with E-state index in [2.05, 4.69) is 5.32 Å². The molecular formula is C17H15ClFNO3S. The number of benzene rings is 2. The molecule has 2 rings (SSSR count). The number of thioether (sulfide) groups is 1. The van der Waals surface area contributed by atoms with Crippen LogP contribution in [0.4, 0.5) is 10.1 Å². The Bertz CT molecular complexity index is 727. The Morgan fingerprint density at radius 1 is 1.25 bits per heavy atom. The minimum atomic E-state index is -0.547. The summed E-state index contributed by atoms with van der Waals surface area (Å²) >= 11 is 7.15.